The van der Waals surface area contributed by atoms with E-state index in [9.17, 15) is 5.11 Å². The molecule has 2 bridgehead atoms. The molecule has 0 aromatic rings. The Morgan fingerprint density at radius 3 is 2.58 bits per heavy atom. The second kappa shape index (κ2) is 6.56. The average Bonchev–Trinajstić information content (AvgIpc) is 2.98. The molecule has 2 N–H and O–H groups in total. The van der Waals surface area contributed by atoms with E-state index in [1.165, 1.54) is 0 Å². The molecule has 138 valence electrons. The highest BCUT2D eigenvalue weighted by atomic mass is 17.1. The van der Waals surface area contributed by atoms with Gasteiger partial charge in [0.1, 0.15) is 5.60 Å². The zero-order valence-electron chi connectivity index (χ0n) is 15.8. The number of hydrogen-bond acceptors (Lipinski definition) is 4. The van der Waals surface area contributed by atoms with Crippen LogP contribution >= 0.6 is 0 Å². The van der Waals surface area contributed by atoms with Gasteiger partial charge in [0.2, 0.25) is 0 Å². The molecule has 2 heterocycles. The number of fused-ring (bicyclic) bond motifs is 2. The van der Waals surface area contributed by atoms with Gasteiger partial charge in [0.25, 0.3) is 0 Å². The van der Waals surface area contributed by atoms with Crippen LogP contribution in [0.1, 0.15) is 66.7 Å². The minimum absolute atomic E-state index is 0.0340. The van der Waals surface area contributed by atoms with E-state index in [4.69, 9.17) is 9.99 Å². The fourth-order valence-corrected chi connectivity index (χ4v) is 4.58. The highest BCUT2D eigenvalue weighted by molar-refractivity contribution is 5.13. The molecule has 4 nitrogen and oxygen atoms in total. The van der Waals surface area contributed by atoms with Crippen molar-refractivity contribution in [2.45, 2.75) is 89.6 Å². The molecule has 4 heteroatoms. The topological polar surface area (TPSA) is 58.9 Å². The van der Waals surface area contributed by atoms with Crippen molar-refractivity contribution in [3.63, 3.8) is 0 Å². The maximum Gasteiger partial charge on any atom is 0.116 e. The van der Waals surface area contributed by atoms with Crippen LogP contribution in [-0.4, -0.2) is 33.3 Å². The van der Waals surface area contributed by atoms with Gasteiger partial charge in [0.15, 0.2) is 0 Å². The van der Waals surface area contributed by atoms with Gasteiger partial charge in [-0.05, 0) is 65.7 Å². The molecular formula is C20H34O4. The van der Waals surface area contributed by atoms with E-state index in [0.717, 1.165) is 25.7 Å². The first kappa shape index (κ1) is 19.6. The van der Waals surface area contributed by atoms with Gasteiger partial charge in [0.05, 0.1) is 17.3 Å². The molecule has 0 saturated carbocycles. The zero-order chi connectivity index (χ0) is 18.2. The minimum atomic E-state index is -0.832. The summed E-state index contributed by atoms with van der Waals surface area (Å²) in [5, 5.41) is 19.2. The van der Waals surface area contributed by atoms with Crippen molar-refractivity contribution in [2.75, 3.05) is 0 Å². The van der Waals surface area contributed by atoms with Crippen molar-refractivity contribution in [3.05, 3.63) is 24.8 Å². The molecule has 0 amide bonds. The van der Waals surface area contributed by atoms with E-state index in [1.54, 1.807) is 6.08 Å². The molecule has 0 aromatic carbocycles. The fraction of sp³-hybridized carbons (Fsp3) is 0.800. The molecule has 0 radical (unpaired) electrons. The van der Waals surface area contributed by atoms with E-state index in [0.29, 0.717) is 12.3 Å². The first-order valence-electron chi connectivity index (χ1n) is 9.02. The van der Waals surface area contributed by atoms with Crippen molar-refractivity contribution < 1.29 is 20.0 Å². The molecule has 2 saturated heterocycles. The molecular weight excluding hydrogens is 304 g/mol. The number of ether oxygens (including phenoxy) is 1. The van der Waals surface area contributed by atoms with Crippen molar-refractivity contribution in [1.29, 1.82) is 0 Å². The predicted molar refractivity (Wildman–Crippen MR) is 95.7 cm³/mol. The maximum absolute atomic E-state index is 10.3. The Morgan fingerprint density at radius 2 is 2.00 bits per heavy atom. The number of allylic oxidation sites excluding steroid dienone is 1. The molecule has 24 heavy (non-hydrogen) atoms. The van der Waals surface area contributed by atoms with Gasteiger partial charge in [-0.3, -0.25) is 5.26 Å². The Kier molecular flexibility index (Phi) is 5.37. The van der Waals surface area contributed by atoms with Gasteiger partial charge in [0, 0.05) is 5.41 Å². The molecule has 0 unspecified atom stereocenters. The molecule has 2 aliphatic heterocycles. The monoisotopic (exact) mass is 338 g/mol. The first-order chi connectivity index (χ1) is 11.0. The molecule has 0 spiro atoms. The molecule has 0 aliphatic carbocycles. The smallest absolute Gasteiger partial charge is 0.116 e. The van der Waals surface area contributed by atoms with Crippen molar-refractivity contribution in [1.82, 2.24) is 0 Å². The van der Waals surface area contributed by atoms with Gasteiger partial charge in [-0.25, -0.2) is 4.89 Å². The SMILES string of the molecule is C=C[C@@](C)(O)CC[C@H]1[C@](C)(C/C=C/C(C)(C)OO)[C@H]2CC[C@]1(C)O2. The highest BCUT2D eigenvalue weighted by Crippen LogP contribution is 2.61. The summed E-state index contributed by atoms with van der Waals surface area (Å²) in [5.41, 5.74) is -1.58. The minimum Gasteiger partial charge on any atom is -0.386 e. The second-order valence-corrected chi connectivity index (χ2v) is 8.92. The number of rotatable bonds is 8. The first-order valence-corrected chi connectivity index (χ1v) is 9.02. The van der Waals surface area contributed by atoms with E-state index in [-0.39, 0.29) is 17.1 Å². The Balaban J connectivity index is 2.14. The Labute approximate surface area is 146 Å². The maximum atomic E-state index is 10.3. The van der Waals surface area contributed by atoms with Crippen LogP contribution in [0.3, 0.4) is 0 Å². The van der Waals surface area contributed by atoms with Crippen LogP contribution in [0.15, 0.2) is 24.8 Å². The zero-order valence-corrected chi connectivity index (χ0v) is 15.8. The van der Waals surface area contributed by atoms with Gasteiger partial charge < -0.3 is 9.84 Å². The number of hydrogen-bond donors (Lipinski definition) is 2. The summed E-state index contributed by atoms with van der Waals surface area (Å²) in [4.78, 5) is 4.49. The van der Waals surface area contributed by atoms with E-state index in [2.05, 4.69) is 31.4 Å². The van der Waals surface area contributed by atoms with Gasteiger partial charge in [-0.2, -0.15) is 0 Å². The lowest BCUT2D eigenvalue weighted by atomic mass is 9.59. The van der Waals surface area contributed by atoms with Gasteiger partial charge >= 0.3 is 0 Å². The van der Waals surface area contributed by atoms with Crippen molar-refractivity contribution >= 4 is 0 Å². The van der Waals surface area contributed by atoms with Gasteiger partial charge in [-0.15, -0.1) is 6.58 Å². The van der Waals surface area contributed by atoms with Crippen molar-refractivity contribution in [2.24, 2.45) is 11.3 Å². The lowest BCUT2D eigenvalue weighted by molar-refractivity contribution is -0.297. The fourth-order valence-electron chi connectivity index (χ4n) is 4.58. The molecule has 2 aliphatic rings. The van der Waals surface area contributed by atoms with Crippen molar-refractivity contribution in [3.8, 4) is 0 Å². The van der Waals surface area contributed by atoms with Crippen LogP contribution in [-0.2, 0) is 9.62 Å². The van der Waals surface area contributed by atoms with E-state index >= 15 is 0 Å². The predicted octanol–water partition coefficient (Wildman–Crippen LogP) is 4.49. The Bertz CT molecular complexity index is 496. The summed E-state index contributed by atoms with van der Waals surface area (Å²) in [6.07, 6.45) is 10.5. The summed E-state index contributed by atoms with van der Waals surface area (Å²) in [6, 6.07) is 0. The normalized spacial score (nSPS) is 38.6. The standard InChI is InChI=1S/C20H34O4/c1-7-18(4,21)13-9-15-19(5,12-8-11-17(2,3)24-22)16-10-14-20(15,6)23-16/h7-8,11,15-16,21-22H,1,9-10,12-14H2,2-6H3/b11-8+/t15-,16+,18+,19-,20-/m0/s1. The molecule has 2 fully saturated rings. The third kappa shape index (κ3) is 3.77. The van der Waals surface area contributed by atoms with Crippen LogP contribution < -0.4 is 0 Å². The summed E-state index contributed by atoms with van der Waals surface area (Å²) in [5.74, 6) is 0.387. The van der Waals surface area contributed by atoms with Crippen LogP contribution in [0.25, 0.3) is 0 Å². The van der Waals surface area contributed by atoms with Crippen LogP contribution in [0.2, 0.25) is 0 Å². The summed E-state index contributed by atoms with van der Waals surface area (Å²) in [7, 11) is 0. The summed E-state index contributed by atoms with van der Waals surface area (Å²) in [6.45, 7) is 13.7. The second-order valence-electron chi connectivity index (χ2n) is 8.92. The molecule has 2 rings (SSSR count). The number of aliphatic hydroxyl groups is 1. The highest BCUT2D eigenvalue weighted by Gasteiger charge is 2.61. The van der Waals surface area contributed by atoms with E-state index < -0.39 is 11.2 Å². The molecule has 0 aromatic heterocycles. The van der Waals surface area contributed by atoms with Gasteiger partial charge in [-0.1, -0.05) is 25.2 Å². The quantitative estimate of drug-likeness (QED) is 0.389. The summed E-state index contributed by atoms with van der Waals surface area (Å²) >= 11 is 0. The van der Waals surface area contributed by atoms with Crippen LogP contribution in [0, 0.1) is 11.3 Å². The summed E-state index contributed by atoms with van der Waals surface area (Å²) < 4.78 is 6.37. The van der Waals surface area contributed by atoms with Crippen LogP contribution in [0.5, 0.6) is 0 Å². The average molecular weight is 338 g/mol. The third-order valence-corrected chi connectivity index (χ3v) is 6.27. The lowest BCUT2D eigenvalue weighted by Crippen LogP contribution is -2.43. The lowest BCUT2D eigenvalue weighted by Gasteiger charge is -2.42. The Morgan fingerprint density at radius 1 is 1.33 bits per heavy atom. The van der Waals surface area contributed by atoms with E-state index in [1.807, 2.05) is 26.8 Å². The largest absolute Gasteiger partial charge is 0.386 e. The van der Waals surface area contributed by atoms with Crippen LogP contribution in [0.4, 0.5) is 0 Å². The third-order valence-electron chi connectivity index (χ3n) is 6.27. The Hall–Kier alpha value is -0.680. The molecule has 5 atom stereocenters.